The number of fused-ring (bicyclic) bond motifs is 1. The molecular weight excluding hydrogens is 440 g/mol. The quantitative estimate of drug-likeness (QED) is 0.436. The predicted octanol–water partition coefficient (Wildman–Crippen LogP) is 5.37. The van der Waals surface area contributed by atoms with Gasteiger partial charge in [0.25, 0.3) is 0 Å². The van der Waals surface area contributed by atoms with Crippen molar-refractivity contribution >= 4 is 12.1 Å². The van der Waals surface area contributed by atoms with Crippen LogP contribution in [0.4, 0.5) is 4.79 Å². The van der Waals surface area contributed by atoms with Gasteiger partial charge in [0.15, 0.2) is 0 Å². The predicted molar refractivity (Wildman–Crippen MR) is 136 cm³/mol. The van der Waals surface area contributed by atoms with Crippen LogP contribution < -0.4 is 10.1 Å². The third kappa shape index (κ3) is 5.23. The van der Waals surface area contributed by atoms with E-state index in [1.54, 1.807) is 0 Å². The molecule has 0 radical (unpaired) electrons. The van der Waals surface area contributed by atoms with Gasteiger partial charge in [-0.1, -0.05) is 25.3 Å². The Labute approximate surface area is 210 Å². The number of likely N-dealkylation sites (tertiary alicyclic amines) is 1. The van der Waals surface area contributed by atoms with Crippen molar-refractivity contribution in [3.8, 4) is 5.75 Å². The normalized spacial score (nSPS) is 28.3. The van der Waals surface area contributed by atoms with Crippen LogP contribution in [0.2, 0.25) is 0 Å². The van der Waals surface area contributed by atoms with E-state index in [0.29, 0.717) is 11.8 Å². The number of benzene rings is 1. The van der Waals surface area contributed by atoms with Crippen LogP contribution in [0.1, 0.15) is 89.7 Å². The molecule has 35 heavy (non-hydrogen) atoms. The zero-order chi connectivity index (χ0) is 24.6. The number of alkyl carbamates (subject to hydrolysis) is 1. The van der Waals surface area contributed by atoms with Crippen molar-refractivity contribution < 1.29 is 19.1 Å². The topological polar surface area (TPSA) is 67.9 Å². The summed E-state index contributed by atoms with van der Waals surface area (Å²) in [5.41, 5.74) is 2.58. The number of carbonyl (C=O) groups is 2. The fourth-order valence-corrected chi connectivity index (χ4v) is 7.12. The summed E-state index contributed by atoms with van der Waals surface area (Å²) < 4.78 is 11.0. The van der Waals surface area contributed by atoms with Crippen molar-refractivity contribution in [2.24, 2.45) is 11.8 Å². The Morgan fingerprint density at radius 1 is 1.11 bits per heavy atom. The van der Waals surface area contributed by atoms with Gasteiger partial charge in [0.05, 0.1) is 6.42 Å². The van der Waals surface area contributed by atoms with Crippen molar-refractivity contribution in [1.82, 2.24) is 10.2 Å². The SMILES string of the molecule is CC(C)(C)OC(=O)NCCC(=O)Oc1ccc2c(c1)[C@]13CCCC[C@H]1[C@H](C2)N(CC1CCC1)CC3. The summed E-state index contributed by atoms with van der Waals surface area (Å²) in [6.07, 6.45) is 11.4. The van der Waals surface area contributed by atoms with Crippen LogP contribution in [0.15, 0.2) is 18.2 Å². The second kappa shape index (κ2) is 9.76. The molecule has 1 aromatic rings. The maximum Gasteiger partial charge on any atom is 0.407 e. The lowest BCUT2D eigenvalue weighted by Crippen LogP contribution is -2.61. The van der Waals surface area contributed by atoms with Crippen molar-refractivity contribution in [2.45, 2.75) is 102 Å². The number of nitrogens with zero attached hydrogens (tertiary/aromatic N) is 1. The third-order valence-corrected chi connectivity index (χ3v) is 8.87. The number of amides is 1. The summed E-state index contributed by atoms with van der Waals surface area (Å²) in [6.45, 7) is 8.13. The molecule has 1 saturated heterocycles. The summed E-state index contributed by atoms with van der Waals surface area (Å²) in [7, 11) is 0. The van der Waals surface area contributed by atoms with E-state index in [4.69, 9.17) is 9.47 Å². The number of esters is 1. The molecular formula is C29H42N2O4. The van der Waals surface area contributed by atoms with E-state index in [1.807, 2.05) is 26.8 Å². The molecule has 0 unspecified atom stereocenters. The van der Waals surface area contributed by atoms with Crippen LogP contribution in [0.3, 0.4) is 0 Å². The Morgan fingerprint density at radius 3 is 2.69 bits per heavy atom. The molecule has 6 heteroatoms. The van der Waals surface area contributed by atoms with Crippen molar-refractivity contribution in [3.63, 3.8) is 0 Å². The Bertz CT molecular complexity index is 950. The molecule has 1 amide bonds. The summed E-state index contributed by atoms with van der Waals surface area (Å²) in [6, 6.07) is 7.02. The van der Waals surface area contributed by atoms with E-state index in [-0.39, 0.29) is 24.3 Å². The number of nitrogens with one attached hydrogen (secondary N) is 1. The molecule has 2 saturated carbocycles. The second-order valence-corrected chi connectivity index (χ2v) is 12.3. The van der Waals surface area contributed by atoms with E-state index >= 15 is 0 Å². The first kappa shape index (κ1) is 24.6. The molecule has 6 nitrogen and oxygen atoms in total. The maximum atomic E-state index is 12.5. The second-order valence-electron chi connectivity index (χ2n) is 12.3. The molecule has 0 spiro atoms. The lowest BCUT2D eigenvalue weighted by Gasteiger charge is -2.59. The van der Waals surface area contributed by atoms with Crippen LogP contribution in [0.25, 0.3) is 0 Å². The van der Waals surface area contributed by atoms with Gasteiger partial charge in [0.1, 0.15) is 11.4 Å². The molecule has 3 atom stereocenters. The van der Waals surface area contributed by atoms with Gasteiger partial charge in [0.2, 0.25) is 0 Å². The molecule has 3 fully saturated rings. The number of carbonyl (C=O) groups excluding carboxylic acids is 2. The molecule has 1 N–H and O–H groups in total. The van der Waals surface area contributed by atoms with E-state index in [2.05, 4.69) is 22.3 Å². The monoisotopic (exact) mass is 482 g/mol. The Kier molecular flexibility index (Phi) is 6.86. The minimum absolute atomic E-state index is 0.113. The van der Waals surface area contributed by atoms with Gasteiger partial charge in [-0.3, -0.25) is 9.69 Å². The molecule has 0 aromatic heterocycles. The first-order valence-corrected chi connectivity index (χ1v) is 13.8. The van der Waals surface area contributed by atoms with Crippen LogP contribution in [-0.4, -0.2) is 48.2 Å². The highest BCUT2D eigenvalue weighted by Gasteiger charge is 2.54. The van der Waals surface area contributed by atoms with Gasteiger partial charge in [0, 0.05) is 24.5 Å². The number of piperidine rings is 1. The molecule has 1 heterocycles. The lowest BCUT2D eigenvalue weighted by molar-refractivity contribution is -0.134. The molecule has 5 rings (SSSR count). The average molecular weight is 483 g/mol. The highest BCUT2D eigenvalue weighted by atomic mass is 16.6. The smallest absolute Gasteiger partial charge is 0.407 e. The summed E-state index contributed by atoms with van der Waals surface area (Å²) in [5.74, 6) is 1.95. The highest BCUT2D eigenvalue weighted by molar-refractivity contribution is 5.74. The van der Waals surface area contributed by atoms with Gasteiger partial charge in [-0.15, -0.1) is 0 Å². The van der Waals surface area contributed by atoms with Gasteiger partial charge < -0.3 is 14.8 Å². The van der Waals surface area contributed by atoms with Crippen LogP contribution >= 0.6 is 0 Å². The van der Waals surface area contributed by atoms with Crippen molar-refractivity contribution in [1.29, 1.82) is 0 Å². The first-order chi connectivity index (χ1) is 16.7. The molecule has 1 aliphatic heterocycles. The highest BCUT2D eigenvalue weighted by Crippen LogP contribution is 2.56. The zero-order valence-electron chi connectivity index (χ0n) is 21.7. The lowest BCUT2D eigenvalue weighted by atomic mass is 9.52. The van der Waals surface area contributed by atoms with Gasteiger partial charge >= 0.3 is 12.1 Å². The number of hydrogen-bond donors (Lipinski definition) is 1. The van der Waals surface area contributed by atoms with Crippen molar-refractivity contribution in [2.75, 3.05) is 19.6 Å². The Balaban J connectivity index is 1.25. The van der Waals surface area contributed by atoms with E-state index in [9.17, 15) is 9.59 Å². The molecule has 4 aliphatic rings. The van der Waals surface area contributed by atoms with Crippen molar-refractivity contribution in [3.05, 3.63) is 29.3 Å². The fraction of sp³-hybridized carbons (Fsp3) is 0.724. The summed E-state index contributed by atoms with van der Waals surface area (Å²) in [4.78, 5) is 27.1. The molecule has 1 aromatic carbocycles. The molecule has 3 aliphatic carbocycles. The van der Waals surface area contributed by atoms with E-state index in [0.717, 1.165) is 18.3 Å². The third-order valence-electron chi connectivity index (χ3n) is 8.87. The fourth-order valence-electron chi connectivity index (χ4n) is 7.12. The van der Waals surface area contributed by atoms with Crippen LogP contribution in [0, 0.1) is 11.8 Å². The average Bonchev–Trinajstić information content (AvgIpc) is 2.76. The number of hydrogen-bond acceptors (Lipinski definition) is 5. The molecule has 192 valence electrons. The number of ether oxygens (including phenoxy) is 2. The van der Waals surface area contributed by atoms with Gasteiger partial charge in [-0.05, 0) is 101 Å². The number of rotatable bonds is 6. The summed E-state index contributed by atoms with van der Waals surface area (Å²) in [5, 5.41) is 2.63. The van der Waals surface area contributed by atoms with E-state index < -0.39 is 11.7 Å². The van der Waals surface area contributed by atoms with Crippen LogP contribution in [-0.2, 0) is 21.4 Å². The minimum Gasteiger partial charge on any atom is -0.444 e. The Hall–Kier alpha value is -2.08. The van der Waals surface area contributed by atoms with Gasteiger partial charge in [-0.2, -0.15) is 0 Å². The standard InChI is InChI=1S/C29H42N2O4/c1-28(2,3)35-27(33)30-15-12-26(32)34-22-11-10-21-17-25-23-9-4-5-13-29(23,24(21)18-22)14-16-31(25)19-20-7-6-8-20/h10-11,18,20,23,25H,4-9,12-17,19H2,1-3H3,(H,30,33)/t23-,25-,29-/m0/s1. The maximum absolute atomic E-state index is 12.5. The van der Waals surface area contributed by atoms with Gasteiger partial charge in [-0.25, -0.2) is 4.79 Å². The van der Waals surface area contributed by atoms with E-state index in [1.165, 1.54) is 75.6 Å². The minimum atomic E-state index is -0.559. The van der Waals surface area contributed by atoms with Crippen LogP contribution in [0.5, 0.6) is 5.75 Å². The Morgan fingerprint density at radius 2 is 1.94 bits per heavy atom. The molecule has 2 bridgehead atoms. The first-order valence-electron chi connectivity index (χ1n) is 13.8. The summed E-state index contributed by atoms with van der Waals surface area (Å²) >= 11 is 0. The largest absolute Gasteiger partial charge is 0.444 e. The zero-order valence-corrected chi connectivity index (χ0v) is 21.7.